The number of nitrogens with one attached hydrogen (secondary N) is 2. The largest absolute Gasteiger partial charge is 0.455 e. The fourth-order valence-corrected chi connectivity index (χ4v) is 4.26. The quantitative estimate of drug-likeness (QED) is 0.378. The molecule has 2 amide bonds. The van der Waals surface area contributed by atoms with E-state index in [-0.39, 0.29) is 28.2 Å². The van der Waals surface area contributed by atoms with E-state index in [9.17, 15) is 22.8 Å². The first-order valence-corrected chi connectivity index (χ1v) is 11.3. The Morgan fingerprint density at radius 1 is 1.09 bits per heavy atom. The SMILES string of the molecule is C[C@@H]1Sc2ccc(C(=O)Nc3cc(C(F)(F)F)ccc3Oc3ccc(Br)cc3)cc2NC1=O. The minimum Gasteiger partial charge on any atom is -0.455 e. The predicted molar refractivity (Wildman–Crippen MR) is 124 cm³/mol. The summed E-state index contributed by atoms with van der Waals surface area (Å²) in [5.74, 6) is -0.394. The van der Waals surface area contributed by atoms with Crippen LogP contribution in [0.25, 0.3) is 0 Å². The zero-order chi connectivity index (χ0) is 23.8. The lowest BCUT2D eigenvalue weighted by atomic mass is 10.1. The number of rotatable bonds is 4. The van der Waals surface area contributed by atoms with E-state index in [2.05, 4.69) is 26.6 Å². The van der Waals surface area contributed by atoms with Gasteiger partial charge in [-0.1, -0.05) is 15.9 Å². The van der Waals surface area contributed by atoms with E-state index in [4.69, 9.17) is 4.74 Å². The van der Waals surface area contributed by atoms with Crippen LogP contribution in [0.15, 0.2) is 70.0 Å². The number of carbonyl (C=O) groups excluding carboxylic acids is 2. The molecule has 0 unspecified atom stereocenters. The number of ether oxygens (including phenoxy) is 1. The Bertz CT molecular complexity index is 1230. The summed E-state index contributed by atoms with van der Waals surface area (Å²) in [7, 11) is 0. The molecular weight excluding hydrogens is 521 g/mol. The van der Waals surface area contributed by atoms with Crippen LogP contribution in [0.3, 0.4) is 0 Å². The van der Waals surface area contributed by atoms with Crippen LogP contribution in [0.5, 0.6) is 11.5 Å². The van der Waals surface area contributed by atoms with E-state index in [1.54, 1.807) is 43.3 Å². The maximum atomic E-state index is 13.3. The zero-order valence-electron chi connectivity index (χ0n) is 17.0. The van der Waals surface area contributed by atoms with Crippen molar-refractivity contribution in [2.75, 3.05) is 10.6 Å². The van der Waals surface area contributed by atoms with Crippen LogP contribution in [-0.4, -0.2) is 17.1 Å². The maximum Gasteiger partial charge on any atom is 0.416 e. The summed E-state index contributed by atoms with van der Waals surface area (Å²) in [6.07, 6.45) is -4.60. The van der Waals surface area contributed by atoms with Gasteiger partial charge in [-0.25, -0.2) is 0 Å². The molecule has 4 rings (SSSR count). The average molecular weight is 537 g/mol. The molecule has 3 aromatic carbocycles. The van der Waals surface area contributed by atoms with Crippen LogP contribution in [0.1, 0.15) is 22.8 Å². The Morgan fingerprint density at radius 3 is 2.52 bits per heavy atom. The molecule has 1 aliphatic rings. The van der Waals surface area contributed by atoms with Crippen LogP contribution in [0, 0.1) is 0 Å². The smallest absolute Gasteiger partial charge is 0.416 e. The molecule has 5 nitrogen and oxygen atoms in total. The zero-order valence-corrected chi connectivity index (χ0v) is 19.4. The van der Waals surface area contributed by atoms with E-state index in [1.165, 1.54) is 17.8 Å². The molecule has 33 heavy (non-hydrogen) atoms. The van der Waals surface area contributed by atoms with E-state index < -0.39 is 17.6 Å². The number of anilines is 2. The molecule has 0 saturated carbocycles. The number of amides is 2. The highest BCUT2D eigenvalue weighted by Crippen LogP contribution is 2.38. The molecule has 1 aliphatic heterocycles. The third-order valence-corrected chi connectivity index (χ3v) is 6.48. The van der Waals surface area contributed by atoms with Gasteiger partial charge in [0.05, 0.1) is 22.2 Å². The monoisotopic (exact) mass is 536 g/mol. The third-order valence-electron chi connectivity index (χ3n) is 4.77. The minimum absolute atomic E-state index is 0.0503. The number of fused-ring (bicyclic) bond motifs is 1. The van der Waals surface area contributed by atoms with Crippen molar-refractivity contribution in [1.82, 2.24) is 0 Å². The Morgan fingerprint density at radius 2 is 1.82 bits per heavy atom. The number of alkyl halides is 3. The van der Waals surface area contributed by atoms with Crippen molar-refractivity contribution >= 4 is 50.9 Å². The Hall–Kier alpha value is -2.98. The van der Waals surface area contributed by atoms with Gasteiger partial charge in [0.15, 0.2) is 5.75 Å². The van der Waals surface area contributed by atoms with E-state index in [0.717, 1.165) is 27.6 Å². The van der Waals surface area contributed by atoms with Crippen LogP contribution >= 0.6 is 27.7 Å². The van der Waals surface area contributed by atoms with Gasteiger partial charge in [0, 0.05) is 14.9 Å². The number of carbonyl (C=O) groups is 2. The lowest BCUT2D eigenvalue weighted by Gasteiger charge is -2.22. The first-order valence-electron chi connectivity index (χ1n) is 9.68. The van der Waals surface area contributed by atoms with Gasteiger partial charge in [-0.05, 0) is 67.6 Å². The number of hydrogen-bond donors (Lipinski definition) is 2. The van der Waals surface area contributed by atoms with Gasteiger partial charge in [-0.15, -0.1) is 11.8 Å². The Balaban J connectivity index is 1.64. The summed E-state index contributed by atoms with van der Waals surface area (Å²) in [5, 5.41) is 4.97. The van der Waals surface area contributed by atoms with Crippen LogP contribution in [-0.2, 0) is 11.0 Å². The maximum absolute atomic E-state index is 13.3. The van der Waals surface area contributed by atoms with Crippen molar-refractivity contribution in [2.45, 2.75) is 23.2 Å². The lowest BCUT2D eigenvalue weighted by Crippen LogP contribution is -2.26. The third kappa shape index (κ3) is 5.33. The molecule has 0 radical (unpaired) electrons. The molecule has 1 atom stereocenters. The summed E-state index contributed by atoms with van der Waals surface area (Å²) >= 11 is 4.66. The molecular formula is C23H16BrF3N2O3S. The van der Waals surface area contributed by atoms with Gasteiger partial charge in [0.25, 0.3) is 5.91 Å². The number of hydrogen-bond acceptors (Lipinski definition) is 4. The van der Waals surface area contributed by atoms with Crippen molar-refractivity contribution < 1.29 is 27.5 Å². The van der Waals surface area contributed by atoms with Gasteiger partial charge in [-0.3, -0.25) is 9.59 Å². The van der Waals surface area contributed by atoms with Crippen molar-refractivity contribution in [3.63, 3.8) is 0 Å². The molecule has 0 bridgehead atoms. The molecule has 170 valence electrons. The molecule has 1 heterocycles. The van der Waals surface area contributed by atoms with Crippen molar-refractivity contribution in [3.8, 4) is 11.5 Å². The fraction of sp³-hybridized carbons (Fsp3) is 0.130. The molecule has 10 heteroatoms. The molecule has 3 aromatic rings. The second-order valence-corrected chi connectivity index (χ2v) is 9.48. The van der Waals surface area contributed by atoms with Crippen LogP contribution < -0.4 is 15.4 Å². The summed E-state index contributed by atoms with van der Waals surface area (Å²) in [5.41, 5.74) is -0.408. The summed E-state index contributed by atoms with van der Waals surface area (Å²) in [6, 6.07) is 14.3. The van der Waals surface area contributed by atoms with Crippen LogP contribution in [0.2, 0.25) is 0 Å². The van der Waals surface area contributed by atoms with Gasteiger partial charge in [-0.2, -0.15) is 13.2 Å². The predicted octanol–water partition coefficient (Wildman–Crippen LogP) is 6.95. The van der Waals surface area contributed by atoms with Crippen molar-refractivity contribution in [1.29, 1.82) is 0 Å². The lowest BCUT2D eigenvalue weighted by molar-refractivity contribution is -0.137. The standard InChI is InChI=1S/C23H16BrF3N2O3S/c1-12-21(30)29-18-10-13(2-9-20(18)33-12)22(31)28-17-11-14(23(25,26)27)3-8-19(17)32-16-6-4-15(24)5-7-16/h2-12H,1H3,(H,28,31)(H,29,30)/t12-/m0/s1. The first-order chi connectivity index (χ1) is 15.6. The Labute approximate surface area is 199 Å². The Kier molecular flexibility index (Phi) is 6.40. The number of halogens is 4. The molecule has 0 aromatic heterocycles. The highest BCUT2D eigenvalue weighted by atomic mass is 79.9. The molecule has 0 spiro atoms. The van der Waals surface area contributed by atoms with Gasteiger partial charge < -0.3 is 15.4 Å². The van der Waals surface area contributed by atoms with Gasteiger partial charge >= 0.3 is 6.18 Å². The normalized spacial score (nSPS) is 15.4. The van der Waals surface area contributed by atoms with Gasteiger partial charge in [0.1, 0.15) is 5.75 Å². The fourth-order valence-electron chi connectivity index (χ4n) is 3.07. The van der Waals surface area contributed by atoms with E-state index in [1.807, 2.05) is 0 Å². The number of thioether (sulfide) groups is 1. The highest BCUT2D eigenvalue weighted by Gasteiger charge is 2.31. The summed E-state index contributed by atoms with van der Waals surface area (Å²) in [4.78, 5) is 25.6. The van der Waals surface area contributed by atoms with Crippen molar-refractivity contribution in [2.24, 2.45) is 0 Å². The molecule has 0 fully saturated rings. The first kappa shape index (κ1) is 23.2. The van der Waals surface area contributed by atoms with Crippen molar-refractivity contribution in [3.05, 3.63) is 76.3 Å². The average Bonchev–Trinajstić information content (AvgIpc) is 2.76. The molecule has 2 N–H and O–H groups in total. The summed E-state index contributed by atoms with van der Waals surface area (Å²) < 4.78 is 46.4. The highest BCUT2D eigenvalue weighted by molar-refractivity contribution is 9.10. The van der Waals surface area contributed by atoms with Gasteiger partial charge in [0.2, 0.25) is 5.91 Å². The van der Waals surface area contributed by atoms with E-state index >= 15 is 0 Å². The minimum atomic E-state index is -4.60. The van der Waals surface area contributed by atoms with E-state index in [0.29, 0.717) is 11.4 Å². The second-order valence-electron chi connectivity index (χ2n) is 7.18. The second kappa shape index (κ2) is 9.11. The summed E-state index contributed by atoms with van der Waals surface area (Å²) in [6.45, 7) is 1.77. The number of benzene rings is 3. The van der Waals surface area contributed by atoms with Crippen LogP contribution in [0.4, 0.5) is 24.5 Å². The molecule has 0 aliphatic carbocycles. The topological polar surface area (TPSA) is 67.4 Å². The molecule has 0 saturated heterocycles.